The van der Waals surface area contributed by atoms with Crippen molar-refractivity contribution in [3.8, 4) is 0 Å². The number of likely N-dealkylation sites (N-methyl/N-ethyl adjacent to an activating group) is 1. The molecule has 4 aromatic rings. The van der Waals surface area contributed by atoms with E-state index in [9.17, 15) is 4.79 Å². The number of amides is 1. The second kappa shape index (κ2) is 8.52. The SMILES string of the molecule is Cc1ccc(N=C2S/C(=C/c3cn(Cc4ccccc4)c4ccccc34)C(=O)N2C)cc1. The van der Waals surface area contributed by atoms with Crippen LogP contribution in [0.2, 0.25) is 0 Å². The highest BCUT2D eigenvalue weighted by Crippen LogP contribution is 2.35. The number of carbonyl (C=O) groups excluding carboxylic acids is 1. The molecule has 0 radical (unpaired) electrons. The first kappa shape index (κ1) is 20.3. The van der Waals surface area contributed by atoms with Crippen molar-refractivity contribution in [2.75, 3.05) is 7.05 Å². The summed E-state index contributed by atoms with van der Waals surface area (Å²) in [6.45, 7) is 2.83. The van der Waals surface area contributed by atoms with E-state index < -0.39 is 0 Å². The lowest BCUT2D eigenvalue weighted by Crippen LogP contribution is -2.23. The number of amidine groups is 1. The van der Waals surface area contributed by atoms with Gasteiger partial charge in [0.1, 0.15) is 0 Å². The van der Waals surface area contributed by atoms with E-state index in [-0.39, 0.29) is 5.91 Å². The lowest BCUT2D eigenvalue weighted by Gasteiger charge is -2.07. The Kier molecular flexibility index (Phi) is 5.41. The Morgan fingerprint density at radius 2 is 1.66 bits per heavy atom. The summed E-state index contributed by atoms with van der Waals surface area (Å²) in [4.78, 5) is 19.9. The highest BCUT2D eigenvalue weighted by atomic mass is 32.2. The molecule has 158 valence electrons. The lowest BCUT2D eigenvalue weighted by molar-refractivity contribution is -0.121. The Morgan fingerprint density at radius 3 is 2.44 bits per heavy atom. The maximum atomic E-state index is 12.9. The molecule has 0 saturated carbocycles. The molecule has 0 unspecified atom stereocenters. The van der Waals surface area contributed by atoms with Gasteiger partial charge in [-0.1, -0.05) is 66.2 Å². The normalized spacial score (nSPS) is 16.6. The predicted octanol–water partition coefficient (Wildman–Crippen LogP) is 6.23. The van der Waals surface area contributed by atoms with Crippen molar-refractivity contribution in [3.05, 3.63) is 107 Å². The van der Waals surface area contributed by atoms with E-state index in [1.807, 2.05) is 49.4 Å². The van der Waals surface area contributed by atoms with Crippen LogP contribution < -0.4 is 0 Å². The maximum Gasteiger partial charge on any atom is 0.266 e. The largest absolute Gasteiger partial charge is 0.342 e. The molecule has 0 bridgehead atoms. The summed E-state index contributed by atoms with van der Waals surface area (Å²) in [7, 11) is 1.78. The number of nitrogens with zero attached hydrogens (tertiary/aromatic N) is 3. The van der Waals surface area contributed by atoms with E-state index in [1.54, 1.807) is 11.9 Å². The Balaban J connectivity index is 1.50. The minimum Gasteiger partial charge on any atom is -0.342 e. The number of aliphatic imine (C=N–C) groups is 1. The van der Waals surface area contributed by atoms with Gasteiger partial charge < -0.3 is 4.57 Å². The lowest BCUT2D eigenvalue weighted by atomic mass is 10.1. The molecular formula is C27H23N3OS. The third-order valence-electron chi connectivity index (χ3n) is 5.56. The predicted molar refractivity (Wildman–Crippen MR) is 134 cm³/mol. The van der Waals surface area contributed by atoms with E-state index >= 15 is 0 Å². The van der Waals surface area contributed by atoms with E-state index in [4.69, 9.17) is 0 Å². The van der Waals surface area contributed by atoms with Gasteiger partial charge in [0.2, 0.25) is 0 Å². The van der Waals surface area contributed by atoms with Gasteiger partial charge in [-0.2, -0.15) is 0 Å². The summed E-state index contributed by atoms with van der Waals surface area (Å²) < 4.78 is 2.24. The van der Waals surface area contributed by atoms with Gasteiger partial charge in [-0.15, -0.1) is 0 Å². The number of aromatic nitrogens is 1. The van der Waals surface area contributed by atoms with Gasteiger partial charge in [0, 0.05) is 36.3 Å². The fraction of sp³-hybridized carbons (Fsp3) is 0.111. The van der Waals surface area contributed by atoms with Gasteiger partial charge >= 0.3 is 0 Å². The summed E-state index contributed by atoms with van der Waals surface area (Å²) in [5, 5.41) is 1.83. The fourth-order valence-corrected chi connectivity index (χ4v) is 4.80. The van der Waals surface area contributed by atoms with Crippen molar-refractivity contribution >= 4 is 45.5 Å². The van der Waals surface area contributed by atoms with Gasteiger partial charge in [-0.05, 0) is 48.5 Å². The minimum atomic E-state index is -0.0271. The first-order valence-corrected chi connectivity index (χ1v) is 11.3. The molecule has 4 nitrogen and oxygen atoms in total. The number of fused-ring (bicyclic) bond motifs is 1. The van der Waals surface area contributed by atoms with Crippen LogP contribution >= 0.6 is 11.8 Å². The van der Waals surface area contributed by atoms with E-state index in [0.717, 1.165) is 28.7 Å². The fourth-order valence-electron chi connectivity index (χ4n) is 3.82. The molecule has 1 saturated heterocycles. The number of rotatable bonds is 4. The highest BCUT2D eigenvalue weighted by molar-refractivity contribution is 8.18. The molecule has 1 aromatic heterocycles. The molecule has 2 heterocycles. The van der Waals surface area contributed by atoms with Crippen LogP contribution in [-0.4, -0.2) is 27.6 Å². The average Bonchev–Trinajstić information content (AvgIpc) is 3.28. The van der Waals surface area contributed by atoms with Gasteiger partial charge in [0.15, 0.2) is 5.17 Å². The number of benzene rings is 3. The third kappa shape index (κ3) is 3.99. The summed E-state index contributed by atoms with van der Waals surface area (Å²) in [6.07, 6.45) is 4.12. The van der Waals surface area contributed by atoms with Crippen LogP contribution in [0, 0.1) is 6.92 Å². The molecule has 5 heteroatoms. The van der Waals surface area contributed by atoms with Crippen LogP contribution in [0.1, 0.15) is 16.7 Å². The molecule has 1 aliphatic heterocycles. The van der Waals surface area contributed by atoms with E-state index in [1.165, 1.54) is 22.9 Å². The standard InChI is InChI=1S/C27H23N3OS/c1-19-12-14-22(15-13-19)28-27-29(2)26(31)25(32-27)16-21-18-30(17-20-8-4-3-5-9-20)24-11-7-6-10-23(21)24/h3-16,18H,17H2,1-2H3/b25-16+,28-27?. The summed E-state index contributed by atoms with van der Waals surface area (Å²) in [5.41, 5.74) is 5.47. The van der Waals surface area contributed by atoms with Crippen molar-refractivity contribution < 1.29 is 4.79 Å². The first-order valence-electron chi connectivity index (χ1n) is 10.5. The molecular weight excluding hydrogens is 414 g/mol. The smallest absolute Gasteiger partial charge is 0.266 e. The van der Waals surface area contributed by atoms with Crippen LogP contribution in [-0.2, 0) is 11.3 Å². The van der Waals surface area contributed by atoms with Crippen molar-refractivity contribution in [2.24, 2.45) is 4.99 Å². The first-order chi connectivity index (χ1) is 15.6. The number of para-hydroxylation sites is 1. The molecule has 32 heavy (non-hydrogen) atoms. The number of hydrogen-bond donors (Lipinski definition) is 0. The van der Waals surface area contributed by atoms with Gasteiger partial charge in [-0.3, -0.25) is 9.69 Å². The number of aryl methyl sites for hydroxylation is 1. The van der Waals surface area contributed by atoms with Crippen LogP contribution in [0.25, 0.3) is 17.0 Å². The topological polar surface area (TPSA) is 37.6 Å². The Hall–Kier alpha value is -3.57. The molecule has 0 atom stereocenters. The molecule has 1 aliphatic rings. The van der Waals surface area contributed by atoms with Crippen molar-refractivity contribution in [3.63, 3.8) is 0 Å². The molecule has 0 spiro atoms. The maximum absolute atomic E-state index is 12.9. The Labute approximate surface area is 191 Å². The van der Waals surface area contributed by atoms with Crippen LogP contribution in [0.3, 0.4) is 0 Å². The number of thioether (sulfide) groups is 1. The number of hydrogen-bond acceptors (Lipinski definition) is 3. The highest BCUT2D eigenvalue weighted by Gasteiger charge is 2.30. The zero-order valence-electron chi connectivity index (χ0n) is 18.0. The minimum absolute atomic E-state index is 0.0271. The molecule has 1 fully saturated rings. The number of carbonyl (C=O) groups is 1. The van der Waals surface area contributed by atoms with Crippen molar-refractivity contribution in [1.82, 2.24) is 9.47 Å². The molecule has 0 N–H and O–H groups in total. The summed E-state index contributed by atoms with van der Waals surface area (Å²) in [6, 6.07) is 26.7. The molecule has 3 aromatic carbocycles. The van der Waals surface area contributed by atoms with Crippen LogP contribution in [0.15, 0.2) is 95.0 Å². The van der Waals surface area contributed by atoms with E-state index in [0.29, 0.717) is 10.1 Å². The molecule has 1 amide bonds. The van der Waals surface area contributed by atoms with Crippen LogP contribution in [0.5, 0.6) is 0 Å². The zero-order valence-corrected chi connectivity index (χ0v) is 18.8. The van der Waals surface area contributed by atoms with Gasteiger partial charge in [0.25, 0.3) is 5.91 Å². The summed E-state index contributed by atoms with van der Waals surface area (Å²) >= 11 is 1.42. The quantitative estimate of drug-likeness (QED) is 0.355. The van der Waals surface area contributed by atoms with Crippen molar-refractivity contribution in [2.45, 2.75) is 13.5 Å². The molecule has 0 aliphatic carbocycles. The molecule has 5 rings (SSSR count). The summed E-state index contributed by atoms with van der Waals surface area (Å²) in [5.74, 6) is -0.0271. The van der Waals surface area contributed by atoms with Crippen molar-refractivity contribution in [1.29, 1.82) is 0 Å². The van der Waals surface area contributed by atoms with Crippen LogP contribution in [0.4, 0.5) is 5.69 Å². The average molecular weight is 438 g/mol. The third-order valence-corrected chi connectivity index (χ3v) is 6.62. The zero-order chi connectivity index (χ0) is 22.1. The van der Waals surface area contributed by atoms with E-state index in [2.05, 4.69) is 58.2 Å². The second-order valence-corrected chi connectivity index (χ2v) is 8.93. The Bertz CT molecular complexity index is 1350. The second-order valence-electron chi connectivity index (χ2n) is 7.92. The van der Waals surface area contributed by atoms with Gasteiger partial charge in [0.05, 0.1) is 10.6 Å². The van der Waals surface area contributed by atoms with Gasteiger partial charge in [-0.25, -0.2) is 4.99 Å². The Morgan fingerprint density at radius 1 is 0.938 bits per heavy atom. The monoisotopic (exact) mass is 437 g/mol.